The summed E-state index contributed by atoms with van der Waals surface area (Å²) in [6.07, 6.45) is 9.21. The zero-order valence-electron chi connectivity index (χ0n) is 18.3. The summed E-state index contributed by atoms with van der Waals surface area (Å²) in [5, 5.41) is 5.82. The number of hydrogen-bond donors (Lipinski definition) is 2. The van der Waals surface area contributed by atoms with Crippen molar-refractivity contribution >= 4 is 23.9 Å². The Morgan fingerprint density at radius 2 is 1.58 bits per heavy atom. The lowest BCUT2D eigenvalue weighted by Crippen LogP contribution is -2.61. The van der Waals surface area contributed by atoms with Crippen LogP contribution in [0.15, 0.2) is 36.4 Å². The van der Waals surface area contributed by atoms with Gasteiger partial charge in [-0.2, -0.15) is 0 Å². The molecule has 0 spiro atoms. The van der Waals surface area contributed by atoms with Gasteiger partial charge in [-0.15, -0.1) is 0 Å². The fourth-order valence-electron chi connectivity index (χ4n) is 6.01. The van der Waals surface area contributed by atoms with Gasteiger partial charge in [-0.3, -0.25) is 9.59 Å². The molecule has 4 fully saturated rings. The Bertz CT molecular complexity index is 828. The standard InChI is InChI=1S/C25H32N2O4/c1-16(26-22(28)9-8-18-6-4-3-5-7-18)24(30)31-17(2)23(29)27-25-13-19-10-20(14-25)12-21(11-19)15-25/h3-9,16-17,19-21H,10-15H2,1-2H3,(H,26,28)(H,27,29)/b9-8+/t16-,17-,19?,20?,21?,25?/m0/s1. The van der Waals surface area contributed by atoms with Crippen molar-refractivity contribution in [3.8, 4) is 0 Å². The predicted molar refractivity (Wildman–Crippen MR) is 118 cm³/mol. The van der Waals surface area contributed by atoms with Crippen molar-refractivity contribution < 1.29 is 19.1 Å². The molecule has 6 heteroatoms. The lowest BCUT2D eigenvalue weighted by molar-refractivity contribution is -0.158. The van der Waals surface area contributed by atoms with E-state index in [4.69, 9.17) is 4.74 Å². The normalized spacial score (nSPS) is 30.6. The predicted octanol–water partition coefficient (Wildman–Crippen LogP) is 3.22. The average molecular weight is 425 g/mol. The van der Waals surface area contributed by atoms with Gasteiger partial charge >= 0.3 is 5.97 Å². The first kappa shape index (κ1) is 21.6. The zero-order chi connectivity index (χ0) is 22.0. The molecule has 0 aromatic heterocycles. The average Bonchev–Trinajstić information content (AvgIpc) is 2.71. The molecule has 31 heavy (non-hydrogen) atoms. The van der Waals surface area contributed by atoms with E-state index < -0.39 is 18.1 Å². The number of amides is 2. The molecule has 1 aromatic carbocycles. The Labute approximate surface area is 183 Å². The second-order valence-electron chi connectivity index (χ2n) is 9.74. The van der Waals surface area contributed by atoms with E-state index in [-0.39, 0.29) is 17.4 Å². The molecule has 4 aliphatic carbocycles. The lowest BCUT2D eigenvalue weighted by atomic mass is 9.53. The highest BCUT2D eigenvalue weighted by Crippen LogP contribution is 2.55. The first-order valence-corrected chi connectivity index (χ1v) is 11.4. The molecule has 4 bridgehead atoms. The van der Waals surface area contributed by atoms with Crippen LogP contribution in [-0.4, -0.2) is 35.5 Å². The van der Waals surface area contributed by atoms with Crippen molar-refractivity contribution in [1.82, 2.24) is 10.6 Å². The summed E-state index contributed by atoms with van der Waals surface area (Å²) >= 11 is 0. The molecular weight excluding hydrogens is 392 g/mol. The molecule has 6 nitrogen and oxygen atoms in total. The zero-order valence-corrected chi connectivity index (χ0v) is 18.3. The molecule has 2 atom stereocenters. The van der Waals surface area contributed by atoms with E-state index in [1.54, 1.807) is 19.9 Å². The van der Waals surface area contributed by atoms with Gasteiger partial charge in [-0.25, -0.2) is 4.79 Å². The largest absolute Gasteiger partial charge is 0.451 e. The van der Waals surface area contributed by atoms with Crippen molar-refractivity contribution in [3.63, 3.8) is 0 Å². The molecule has 2 amide bonds. The van der Waals surface area contributed by atoms with Crippen LogP contribution in [0.1, 0.15) is 57.9 Å². The molecule has 0 saturated heterocycles. The van der Waals surface area contributed by atoms with Gasteiger partial charge in [-0.1, -0.05) is 30.3 Å². The summed E-state index contributed by atoms with van der Waals surface area (Å²) in [7, 11) is 0. The number of hydrogen-bond acceptors (Lipinski definition) is 4. The molecule has 0 radical (unpaired) electrons. The molecule has 0 aliphatic heterocycles. The van der Waals surface area contributed by atoms with Gasteiger partial charge in [0.05, 0.1) is 0 Å². The van der Waals surface area contributed by atoms with Crippen molar-refractivity contribution in [1.29, 1.82) is 0 Å². The number of carbonyl (C=O) groups excluding carboxylic acids is 3. The minimum Gasteiger partial charge on any atom is -0.451 e. The van der Waals surface area contributed by atoms with Crippen molar-refractivity contribution in [3.05, 3.63) is 42.0 Å². The molecule has 5 rings (SSSR count). The second kappa shape index (κ2) is 8.85. The topological polar surface area (TPSA) is 84.5 Å². The highest BCUT2D eigenvalue weighted by atomic mass is 16.5. The highest BCUT2D eigenvalue weighted by molar-refractivity contribution is 5.95. The van der Waals surface area contributed by atoms with E-state index >= 15 is 0 Å². The molecular formula is C25H32N2O4. The van der Waals surface area contributed by atoms with Gasteiger partial charge in [-0.05, 0) is 81.8 Å². The van der Waals surface area contributed by atoms with Crippen LogP contribution in [-0.2, 0) is 19.1 Å². The lowest BCUT2D eigenvalue weighted by Gasteiger charge is -2.57. The minimum atomic E-state index is -0.889. The van der Waals surface area contributed by atoms with E-state index in [0.717, 1.165) is 42.6 Å². The maximum Gasteiger partial charge on any atom is 0.329 e. The van der Waals surface area contributed by atoms with E-state index in [2.05, 4.69) is 10.6 Å². The summed E-state index contributed by atoms with van der Waals surface area (Å²) in [6.45, 7) is 3.15. The fraction of sp³-hybridized carbons (Fsp3) is 0.560. The van der Waals surface area contributed by atoms with Gasteiger partial charge in [0.15, 0.2) is 6.10 Å². The van der Waals surface area contributed by atoms with E-state index in [9.17, 15) is 14.4 Å². The summed E-state index contributed by atoms with van der Waals surface area (Å²) in [4.78, 5) is 37.3. The summed E-state index contributed by atoms with van der Waals surface area (Å²) in [6, 6.07) is 8.58. The van der Waals surface area contributed by atoms with Crippen molar-refractivity contribution in [2.75, 3.05) is 0 Å². The number of ether oxygens (including phenoxy) is 1. The number of nitrogens with one attached hydrogen (secondary N) is 2. The Morgan fingerprint density at radius 1 is 1.00 bits per heavy atom. The first-order valence-electron chi connectivity index (χ1n) is 11.4. The van der Waals surface area contributed by atoms with Crippen LogP contribution in [0.5, 0.6) is 0 Å². The first-order chi connectivity index (χ1) is 14.8. The molecule has 0 heterocycles. The highest BCUT2D eigenvalue weighted by Gasteiger charge is 2.51. The molecule has 0 unspecified atom stereocenters. The van der Waals surface area contributed by atoms with E-state index in [0.29, 0.717) is 0 Å². The van der Waals surface area contributed by atoms with Crippen LogP contribution in [0.3, 0.4) is 0 Å². The number of carbonyl (C=O) groups is 3. The van der Waals surface area contributed by atoms with E-state index in [1.807, 2.05) is 30.3 Å². The Morgan fingerprint density at radius 3 is 2.16 bits per heavy atom. The van der Waals surface area contributed by atoms with Gasteiger partial charge in [0.1, 0.15) is 6.04 Å². The smallest absolute Gasteiger partial charge is 0.329 e. The quantitative estimate of drug-likeness (QED) is 0.520. The summed E-state index contributed by atoms with van der Waals surface area (Å²) in [5.74, 6) is 0.933. The van der Waals surface area contributed by atoms with Crippen molar-refractivity contribution in [2.24, 2.45) is 17.8 Å². The maximum absolute atomic E-state index is 12.8. The van der Waals surface area contributed by atoms with E-state index in [1.165, 1.54) is 25.3 Å². The van der Waals surface area contributed by atoms with Gasteiger partial charge in [0, 0.05) is 11.6 Å². The monoisotopic (exact) mass is 424 g/mol. The van der Waals surface area contributed by atoms with Crippen LogP contribution in [0.4, 0.5) is 0 Å². The summed E-state index contributed by atoms with van der Waals surface area (Å²) in [5.41, 5.74) is 0.775. The van der Waals surface area contributed by atoms with Crippen LogP contribution in [0.25, 0.3) is 6.08 Å². The Hall–Kier alpha value is -2.63. The summed E-state index contributed by atoms with van der Waals surface area (Å²) < 4.78 is 5.36. The Balaban J connectivity index is 1.25. The van der Waals surface area contributed by atoms with Gasteiger partial charge < -0.3 is 15.4 Å². The van der Waals surface area contributed by atoms with Crippen LogP contribution in [0, 0.1) is 17.8 Å². The van der Waals surface area contributed by atoms with Crippen LogP contribution >= 0.6 is 0 Å². The number of benzene rings is 1. The number of esters is 1. The maximum atomic E-state index is 12.8. The van der Waals surface area contributed by atoms with Crippen molar-refractivity contribution in [2.45, 2.75) is 70.1 Å². The Kier molecular flexibility index (Phi) is 6.17. The third kappa shape index (κ3) is 5.17. The van der Waals surface area contributed by atoms with Crippen LogP contribution < -0.4 is 10.6 Å². The number of rotatable bonds is 7. The third-order valence-corrected chi connectivity index (χ3v) is 7.03. The molecule has 1 aromatic rings. The minimum absolute atomic E-state index is 0.117. The third-order valence-electron chi connectivity index (χ3n) is 7.03. The van der Waals surface area contributed by atoms with Gasteiger partial charge in [0.2, 0.25) is 5.91 Å². The SMILES string of the molecule is C[C@H](NC(=O)/C=C/c1ccccc1)C(=O)O[C@@H](C)C(=O)NC12CC3CC(CC(C3)C1)C2. The fourth-order valence-corrected chi connectivity index (χ4v) is 6.01. The molecule has 166 valence electrons. The van der Waals surface area contributed by atoms with Crippen LogP contribution in [0.2, 0.25) is 0 Å². The molecule has 4 saturated carbocycles. The molecule has 4 aliphatic rings. The molecule has 2 N–H and O–H groups in total. The van der Waals surface area contributed by atoms with Gasteiger partial charge in [0.25, 0.3) is 5.91 Å². The second-order valence-corrected chi connectivity index (χ2v) is 9.74.